The Labute approximate surface area is 127 Å². The van der Waals surface area contributed by atoms with Crippen LogP contribution in [0.4, 0.5) is 0 Å². The molecule has 2 aromatic rings. The van der Waals surface area contributed by atoms with Crippen LogP contribution in [0.15, 0.2) is 52.2 Å². The van der Waals surface area contributed by atoms with Crippen molar-refractivity contribution in [3.8, 4) is 5.75 Å². The van der Waals surface area contributed by atoms with Crippen LogP contribution in [-0.4, -0.2) is 25.1 Å². The second kappa shape index (κ2) is 7.63. The molecule has 22 heavy (non-hydrogen) atoms. The van der Waals surface area contributed by atoms with E-state index in [1.807, 2.05) is 0 Å². The summed E-state index contributed by atoms with van der Waals surface area (Å²) in [5, 5.41) is 6.11. The zero-order valence-corrected chi connectivity index (χ0v) is 11.9. The largest absolute Gasteiger partial charge is 0.497 e. The molecule has 0 saturated heterocycles. The van der Waals surface area contributed by atoms with Gasteiger partial charge in [-0.25, -0.2) is 5.43 Å². The molecule has 0 fully saturated rings. The molecule has 2 rings (SSSR count). The summed E-state index contributed by atoms with van der Waals surface area (Å²) in [4.78, 5) is 23.1. The Morgan fingerprint density at radius 3 is 2.64 bits per heavy atom. The van der Waals surface area contributed by atoms with Crippen LogP contribution in [0, 0.1) is 0 Å². The first kappa shape index (κ1) is 15.3. The van der Waals surface area contributed by atoms with Gasteiger partial charge in [-0.1, -0.05) is 12.1 Å². The lowest BCUT2D eigenvalue weighted by Gasteiger charge is -2.05. The molecule has 1 aromatic carbocycles. The van der Waals surface area contributed by atoms with E-state index < -0.39 is 11.8 Å². The van der Waals surface area contributed by atoms with Crippen molar-refractivity contribution in [2.24, 2.45) is 5.10 Å². The Hall–Kier alpha value is -3.09. The Morgan fingerprint density at radius 1 is 1.23 bits per heavy atom. The molecule has 0 aliphatic rings. The summed E-state index contributed by atoms with van der Waals surface area (Å²) in [7, 11) is 1.57. The molecular weight excluding hydrogens is 286 g/mol. The van der Waals surface area contributed by atoms with E-state index in [-0.39, 0.29) is 6.54 Å². The van der Waals surface area contributed by atoms with Crippen molar-refractivity contribution in [2.45, 2.75) is 6.54 Å². The highest BCUT2D eigenvalue weighted by atomic mass is 16.5. The summed E-state index contributed by atoms with van der Waals surface area (Å²) >= 11 is 0. The lowest BCUT2D eigenvalue weighted by atomic mass is 10.2. The molecule has 2 N–H and O–H groups in total. The van der Waals surface area contributed by atoms with E-state index in [2.05, 4.69) is 15.8 Å². The zero-order valence-electron chi connectivity index (χ0n) is 11.9. The van der Waals surface area contributed by atoms with Crippen LogP contribution in [0.2, 0.25) is 0 Å². The van der Waals surface area contributed by atoms with Crippen molar-refractivity contribution >= 4 is 18.0 Å². The maximum absolute atomic E-state index is 11.6. The minimum atomic E-state index is -0.851. The van der Waals surface area contributed by atoms with Gasteiger partial charge in [-0.05, 0) is 29.8 Å². The fourth-order valence-electron chi connectivity index (χ4n) is 1.58. The fourth-order valence-corrected chi connectivity index (χ4v) is 1.58. The van der Waals surface area contributed by atoms with E-state index in [0.717, 1.165) is 11.3 Å². The maximum atomic E-state index is 11.6. The van der Waals surface area contributed by atoms with Gasteiger partial charge >= 0.3 is 11.8 Å². The number of hydrogen-bond acceptors (Lipinski definition) is 5. The quantitative estimate of drug-likeness (QED) is 0.490. The Bertz CT molecular complexity index is 648. The van der Waals surface area contributed by atoms with Gasteiger partial charge in [0.15, 0.2) is 0 Å². The molecule has 0 aliphatic carbocycles. The van der Waals surface area contributed by atoms with Crippen molar-refractivity contribution < 1.29 is 18.7 Å². The molecule has 0 spiro atoms. The minimum absolute atomic E-state index is 0.234. The van der Waals surface area contributed by atoms with Crippen molar-refractivity contribution in [3.05, 3.63) is 54.0 Å². The summed E-state index contributed by atoms with van der Waals surface area (Å²) < 4.78 is 10.0. The zero-order chi connectivity index (χ0) is 15.8. The number of rotatable bonds is 5. The van der Waals surface area contributed by atoms with Crippen molar-refractivity contribution in [1.29, 1.82) is 0 Å². The van der Waals surface area contributed by atoms with Gasteiger partial charge in [-0.15, -0.1) is 0 Å². The molecule has 0 aliphatic heterocycles. The van der Waals surface area contributed by atoms with Gasteiger partial charge in [0.1, 0.15) is 11.5 Å². The molecule has 0 atom stereocenters. The standard InChI is InChI=1S/C15H15N3O4/c1-21-12-6-4-11(5-7-12)9-16-14(19)15(20)18-17-10-13-3-2-8-22-13/h2-8,10H,9H2,1H3,(H,16,19)(H,18,20)/b17-10+. The molecule has 0 saturated carbocycles. The topological polar surface area (TPSA) is 92.9 Å². The molecule has 0 radical (unpaired) electrons. The molecular formula is C15H15N3O4. The molecule has 1 heterocycles. The average Bonchev–Trinajstić information content (AvgIpc) is 3.06. The van der Waals surface area contributed by atoms with Crippen LogP contribution in [0.5, 0.6) is 5.75 Å². The Morgan fingerprint density at radius 2 is 2.00 bits per heavy atom. The van der Waals surface area contributed by atoms with E-state index in [1.54, 1.807) is 43.5 Å². The molecule has 7 nitrogen and oxygen atoms in total. The van der Waals surface area contributed by atoms with E-state index in [4.69, 9.17) is 9.15 Å². The number of carbonyl (C=O) groups is 2. The maximum Gasteiger partial charge on any atom is 0.329 e. The van der Waals surface area contributed by atoms with Crippen LogP contribution in [0.1, 0.15) is 11.3 Å². The third-order valence-corrected chi connectivity index (χ3v) is 2.72. The van der Waals surface area contributed by atoms with Gasteiger partial charge in [0, 0.05) is 6.54 Å². The normalized spacial score (nSPS) is 10.4. The molecule has 0 bridgehead atoms. The van der Waals surface area contributed by atoms with Gasteiger partial charge in [-0.2, -0.15) is 5.10 Å². The number of methoxy groups -OCH3 is 1. The number of furan rings is 1. The number of nitrogens with one attached hydrogen (secondary N) is 2. The van der Waals surface area contributed by atoms with Gasteiger partial charge in [0.05, 0.1) is 19.6 Å². The number of hydrogen-bond donors (Lipinski definition) is 2. The van der Waals surface area contributed by atoms with Crippen LogP contribution in [0.25, 0.3) is 0 Å². The van der Waals surface area contributed by atoms with Crippen LogP contribution in [0.3, 0.4) is 0 Å². The first-order valence-electron chi connectivity index (χ1n) is 6.46. The van der Waals surface area contributed by atoms with E-state index >= 15 is 0 Å². The summed E-state index contributed by atoms with van der Waals surface area (Å²) in [6.07, 6.45) is 2.78. The predicted octanol–water partition coefficient (Wildman–Crippen LogP) is 1.05. The molecule has 114 valence electrons. The predicted molar refractivity (Wildman–Crippen MR) is 79.3 cm³/mol. The van der Waals surface area contributed by atoms with Crippen LogP contribution >= 0.6 is 0 Å². The number of ether oxygens (including phenoxy) is 1. The van der Waals surface area contributed by atoms with Gasteiger partial charge < -0.3 is 14.5 Å². The fraction of sp³-hybridized carbons (Fsp3) is 0.133. The summed E-state index contributed by atoms with van der Waals surface area (Å²) in [6.45, 7) is 0.234. The van der Waals surface area contributed by atoms with Gasteiger partial charge in [-0.3, -0.25) is 9.59 Å². The van der Waals surface area contributed by atoms with Crippen molar-refractivity contribution in [3.63, 3.8) is 0 Å². The number of nitrogens with zero attached hydrogens (tertiary/aromatic N) is 1. The lowest BCUT2D eigenvalue weighted by molar-refractivity contribution is -0.139. The van der Waals surface area contributed by atoms with Crippen LogP contribution in [-0.2, 0) is 16.1 Å². The van der Waals surface area contributed by atoms with Gasteiger partial charge in [0.2, 0.25) is 0 Å². The van der Waals surface area contributed by atoms with E-state index in [0.29, 0.717) is 5.76 Å². The van der Waals surface area contributed by atoms with Gasteiger partial charge in [0.25, 0.3) is 0 Å². The average molecular weight is 301 g/mol. The molecule has 7 heteroatoms. The first-order valence-corrected chi connectivity index (χ1v) is 6.46. The highest BCUT2D eigenvalue weighted by Crippen LogP contribution is 2.10. The SMILES string of the molecule is COc1ccc(CNC(=O)C(=O)N/N=C/c2ccco2)cc1. The second-order valence-electron chi connectivity index (χ2n) is 4.25. The Balaban J connectivity index is 1.77. The molecule has 0 unspecified atom stereocenters. The highest BCUT2D eigenvalue weighted by Gasteiger charge is 2.11. The number of carbonyl (C=O) groups excluding carboxylic acids is 2. The third-order valence-electron chi connectivity index (χ3n) is 2.72. The number of hydrazone groups is 1. The monoisotopic (exact) mass is 301 g/mol. The second-order valence-corrected chi connectivity index (χ2v) is 4.25. The third kappa shape index (κ3) is 4.48. The minimum Gasteiger partial charge on any atom is -0.497 e. The van der Waals surface area contributed by atoms with E-state index in [9.17, 15) is 9.59 Å². The van der Waals surface area contributed by atoms with Crippen molar-refractivity contribution in [1.82, 2.24) is 10.7 Å². The van der Waals surface area contributed by atoms with Crippen LogP contribution < -0.4 is 15.5 Å². The lowest BCUT2D eigenvalue weighted by Crippen LogP contribution is -2.37. The van der Waals surface area contributed by atoms with E-state index in [1.165, 1.54) is 12.5 Å². The number of amides is 2. The summed E-state index contributed by atoms with van der Waals surface area (Å²) in [5.74, 6) is -0.428. The molecule has 1 aromatic heterocycles. The molecule has 2 amide bonds. The highest BCUT2D eigenvalue weighted by molar-refractivity contribution is 6.35. The smallest absolute Gasteiger partial charge is 0.329 e. The first-order chi connectivity index (χ1) is 10.7. The summed E-state index contributed by atoms with van der Waals surface area (Å²) in [6, 6.07) is 10.5. The van der Waals surface area contributed by atoms with Crippen molar-refractivity contribution in [2.75, 3.05) is 7.11 Å². The Kier molecular flexibility index (Phi) is 5.31. The number of benzene rings is 1. The summed E-state index contributed by atoms with van der Waals surface area (Å²) in [5.41, 5.74) is 2.96.